The molecule has 0 saturated heterocycles. The summed E-state index contributed by atoms with van der Waals surface area (Å²) >= 11 is 0. The third-order valence-corrected chi connectivity index (χ3v) is 4.09. The summed E-state index contributed by atoms with van der Waals surface area (Å²) in [5, 5.41) is 13.0. The molecule has 0 radical (unpaired) electrons. The maximum absolute atomic E-state index is 13.7. The van der Waals surface area contributed by atoms with E-state index in [4.69, 9.17) is 14.2 Å². The molecule has 0 fully saturated rings. The molecule has 0 heterocycles. The van der Waals surface area contributed by atoms with E-state index in [1.165, 1.54) is 19.9 Å². The normalized spacial score (nSPS) is 13.7. The van der Waals surface area contributed by atoms with E-state index in [2.05, 4.69) is 11.9 Å². The highest BCUT2D eigenvalue weighted by molar-refractivity contribution is 6.06. The van der Waals surface area contributed by atoms with Crippen molar-refractivity contribution in [3.8, 4) is 0 Å². The molecule has 10 nitrogen and oxygen atoms in total. The van der Waals surface area contributed by atoms with Crippen molar-refractivity contribution >= 4 is 24.1 Å². The molecule has 1 atom stereocenters. The van der Waals surface area contributed by atoms with Crippen LogP contribution in [-0.4, -0.2) is 63.5 Å². The van der Waals surface area contributed by atoms with Gasteiger partial charge in [-0.05, 0) is 74.3 Å². The summed E-state index contributed by atoms with van der Waals surface area (Å²) in [5.41, 5.74) is -3.79. The van der Waals surface area contributed by atoms with Gasteiger partial charge in [0.05, 0.1) is 5.60 Å². The first kappa shape index (κ1) is 31.1. The number of imide groups is 1. The van der Waals surface area contributed by atoms with E-state index in [-0.39, 0.29) is 18.7 Å². The quantitative estimate of drug-likeness (QED) is 0.230. The predicted octanol–water partition coefficient (Wildman–Crippen LogP) is 3.83. The zero-order chi connectivity index (χ0) is 27.1. The summed E-state index contributed by atoms with van der Waals surface area (Å²) in [4.78, 5) is 52.7. The van der Waals surface area contributed by atoms with E-state index in [9.17, 15) is 24.3 Å². The fourth-order valence-electron chi connectivity index (χ4n) is 2.52. The first-order chi connectivity index (χ1) is 15.2. The van der Waals surface area contributed by atoms with Crippen LogP contribution in [0.4, 0.5) is 9.59 Å². The monoisotopic (exact) mass is 484 g/mol. The average Bonchev–Trinajstić information content (AvgIpc) is 2.63. The minimum absolute atomic E-state index is 0.166. The van der Waals surface area contributed by atoms with Gasteiger partial charge in [-0.2, -0.15) is 0 Å². The van der Waals surface area contributed by atoms with E-state index < -0.39 is 46.9 Å². The summed E-state index contributed by atoms with van der Waals surface area (Å²) in [5.74, 6) is -2.07. The number of esters is 1. The molecule has 0 aliphatic carbocycles. The first-order valence-electron chi connectivity index (χ1n) is 11.0. The molecule has 194 valence electrons. The van der Waals surface area contributed by atoms with Crippen LogP contribution in [0.3, 0.4) is 0 Å². The molecule has 0 aromatic rings. The lowest BCUT2D eigenvalue weighted by molar-refractivity contribution is -0.146. The number of nitrogens with zero attached hydrogens (tertiary/aromatic N) is 1. The van der Waals surface area contributed by atoms with E-state index >= 15 is 0 Å². The van der Waals surface area contributed by atoms with Gasteiger partial charge in [-0.25, -0.2) is 19.3 Å². The minimum atomic E-state index is -1.86. The molecule has 0 aromatic heterocycles. The number of hydrogen-bond donors (Lipinski definition) is 2. The van der Waals surface area contributed by atoms with Gasteiger partial charge < -0.3 is 24.6 Å². The third-order valence-electron chi connectivity index (χ3n) is 4.09. The Morgan fingerprint density at radius 3 is 1.88 bits per heavy atom. The molecule has 0 saturated carbocycles. The Morgan fingerprint density at radius 1 is 1.00 bits per heavy atom. The van der Waals surface area contributed by atoms with Gasteiger partial charge in [-0.1, -0.05) is 19.6 Å². The maximum atomic E-state index is 13.7. The molecule has 2 N–H and O–H groups in total. The lowest BCUT2D eigenvalue weighted by Gasteiger charge is -2.35. The molecule has 0 spiro atoms. The van der Waals surface area contributed by atoms with Gasteiger partial charge in [0, 0.05) is 0 Å². The van der Waals surface area contributed by atoms with Crippen LogP contribution in [0.2, 0.25) is 0 Å². The van der Waals surface area contributed by atoms with Crippen LogP contribution in [0.5, 0.6) is 0 Å². The Balaban J connectivity index is 6.69. The zero-order valence-corrected chi connectivity index (χ0v) is 22.0. The van der Waals surface area contributed by atoms with Gasteiger partial charge >= 0.3 is 18.2 Å². The molecule has 0 rings (SSSR count). The fraction of sp³-hybridized carbons (Fsp3) is 0.667. The van der Waals surface area contributed by atoms with Crippen molar-refractivity contribution in [3.05, 3.63) is 23.9 Å². The standard InChI is InChI=1S/C24H40N2O8/c1-12-14-32-19(28)16(15(3)13-2)26(21(30)34-23(7,8)9)18(27)17(24(10,11)31)25-20(29)33-22(4,5)6/h12,17,31H,1,13-14H2,2-11H3,(H,25,29)/b16-15-/t17-/m0/s1. The lowest BCUT2D eigenvalue weighted by atomic mass is 9.97. The topological polar surface area (TPSA) is 131 Å². The van der Waals surface area contributed by atoms with Gasteiger partial charge in [-0.3, -0.25) is 4.79 Å². The molecule has 3 amide bonds. The molecule has 34 heavy (non-hydrogen) atoms. The Hall–Kier alpha value is -2.88. The van der Waals surface area contributed by atoms with E-state index in [1.54, 1.807) is 55.4 Å². The second-order valence-corrected chi connectivity index (χ2v) is 10.3. The molecule has 0 unspecified atom stereocenters. The molecular formula is C24H40N2O8. The van der Waals surface area contributed by atoms with Crippen molar-refractivity contribution in [1.82, 2.24) is 10.2 Å². The highest BCUT2D eigenvalue weighted by Crippen LogP contribution is 2.24. The lowest BCUT2D eigenvalue weighted by Crippen LogP contribution is -2.60. The number of carbonyl (C=O) groups excluding carboxylic acids is 4. The van der Waals surface area contributed by atoms with E-state index in [1.807, 2.05) is 0 Å². The molecule has 0 bridgehead atoms. The zero-order valence-electron chi connectivity index (χ0n) is 22.0. The fourth-order valence-corrected chi connectivity index (χ4v) is 2.52. The predicted molar refractivity (Wildman–Crippen MR) is 127 cm³/mol. The second kappa shape index (κ2) is 12.0. The number of aliphatic hydroxyl groups is 1. The largest absolute Gasteiger partial charge is 0.457 e. The number of carbonyl (C=O) groups is 4. The summed E-state index contributed by atoms with van der Waals surface area (Å²) in [6.07, 6.45) is -0.544. The number of hydrogen-bond acceptors (Lipinski definition) is 8. The summed E-state index contributed by atoms with van der Waals surface area (Å²) in [6.45, 7) is 18.8. The van der Waals surface area contributed by atoms with Crippen LogP contribution in [-0.2, 0) is 23.8 Å². The Morgan fingerprint density at radius 2 is 1.50 bits per heavy atom. The molecule has 0 aromatic carbocycles. The number of amides is 3. The number of nitrogens with one attached hydrogen (secondary N) is 1. The van der Waals surface area contributed by atoms with Crippen LogP contribution in [0.1, 0.15) is 75.7 Å². The van der Waals surface area contributed by atoms with Gasteiger partial charge in [0.1, 0.15) is 29.5 Å². The molecular weight excluding hydrogens is 444 g/mol. The van der Waals surface area contributed by atoms with Gasteiger partial charge in [-0.15, -0.1) is 0 Å². The average molecular weight is 485 g/mol. The van der Waals surface area contributed by atoms with Crippen LogP contribution in [0.25, 0.3) is 0 Å². The van der Waals surface area contributed by atoms with E-state index in [0.29, 0.717) is 10.5 Å². The van der Waals surface area contributed by atoms with Crippen molar-refractivity contribution < 1.29 is 38.5 Å². The number of ether oxygens (including phenoxy) is 3. The Labute approximate surface area is 202 Å². The van der Waals surface area contributed by atoms with Crippen molar-refractivity contribution in [1.29, 1.82) is 0 Å². The number of rotatable bonds is 8. The third kappa shape index (κ3) is 10.4. The summed E-state index contributed by atoms with van der Waals surface area (Å²) in [6, 6.07) is -1.68. The smallest absolute Gasteiger partial charge is 0.422 e. The Bertz CT molecular complexity index is 810. The van der Waals surface area contributed by atoms with Crippen molar-refractivity contribution in [3.63, 3.8) is 0 Å². The number of allylic oxidation sites excluding steroid dienone is 1. The molecule has 0 aliphatic heterocycles. The second-order valence-electron chi connectivity index (χ2n) is 10.3. The van der Waals surface area contributed by atoms with Crippen molar-refractivity contribution in [2.24, 2.45) is 0 Å². The highest BCUT2D eigenvalue weighted by atomic mass is 16.6. The van der Waals surface area contributed by atoms with Crippen LogP contribution in [0, 0.1) is 0 Å². The van der Waals surface area contributed by atoms with Crippen LogP contribution >= 0.6 is 0 Å². The minimum Gasteiger partial charge on any atom is -0.457 e. The van der Waals surface area contributed by atoms with Crippen LogP contribution in [0.15, 0.2) is 23.9 Å². The SMILES string of the molecule is C=CCOC(=O)/C(=C(\C)CC)N(C(=O)OC(C)(C)C)C(=O)[C@H](NC(=O)OC(C)(C)C)C(C)(C)O. The number of alkyl carbamates (subject to hydrolysis) is 1. The van der Waals surface area contributed by atoms with Gasteiger partial charge in [0.25, 0.3) is 5.91 Å². The highest BCUT2D eigenvalue weighted by Gasteiger charge is 2.45. The molecule has 10 heteroatoms. The first-order valence-corrected chi connectivity index (χ1v) is 11.0. The Kier molecular flexibility index (Phi) is 11.0. The van der Waals surface area contributed by atoms with Gasteiger partial charge in [0.2, 0.25) is 0 Å². The summed E-state index contributed by atoms with van der Waals surface area (Å²) < 4.78 is 15.7. The van der Waals surface area contributed by atoms with Crippen LogP contribution < -0.4 is 5.32 Å². The van der Waals surface area contributed by atoms with Crippen molar-refractivity contribution in [2.45, 2.75) is 98.5 Å². The van der Waals surface area contributed by atoms with Gasteiger partial charge in [0.15, 0.2) is 0 Å². The van der Waals surface area contributed by atoms with E-state index in [0.717, 1.165) is 0 Å². The van der Waals surface area contributed by atoms with Crippen molar-refractivity contribution in [2.75, 3.05) is 6.61 Å². The summed E-state index contributed by atoms with van der Waals surface area (Å²) in [7, 11) is 0. The maximum Gasteiger partial charge on any atom is 0.422 e. The molecule has 0 aliphatic rings.